The van der Waals surface area contributed by atoms with Gasteiger partial charge in [-0.1, -0.05) is 30.3 Å². The Morgan fingerprint density at radius 2 is 1.83 bits per heavy atom. The first-order chi connectivity index (χ1) is 10.8. The first-order valence-corrected chi connectivity index (χ1v) is 7.52. The smallest absolute Gasteiger partial charge is 0.408 e. The number of rotatable bonds is 4. The monoisotopic (exact) mass is 396 g/mol. The molecule has 0 unspecified atom stereocenters. The second-order valence-corrected chi connectivity index (χ2v) is 6.31. The Balaban J connectivity index is 0.00000288. The lowest BCUT2D eigenvalue weighted by molar-refractivity contribution is -0.697. The quantitative estimate of drug-likeness (QED) is 0.749. The highest BCUT2D eigenvalue weighted by molar-refractivity contribution is 5.67. The van der Waals surface area contributed by atoms with Crippen molar-refractivity contribution in [1.29, 1.82) is 0 Å². The molecule has 0 saturated carbocycles. The van der Waals surface area contributed by atoms with Crippen LogP contribution in [0, 0.1) is 5.82 Å². The van der Waals surface area contributed by atoms with Crippen molar-refractivity contribution in [3.05, 3.63) is 65.7 Å². The molecule has 0 bridgehead atoms. The second-order valence-electron chi connectivity index (χ2n) is 6.31. The molecule has 0 radical (unpaired) electrons. The lowest BCUT2D eigenvalue weighted by Crippen LogP contribution is -3.00. The van der Waals surface area contributed by atoms with E-state index in [1.807, 2.05) is 30.3 Å². The number of alkyl carbamates (subject to hydrolysis) is 1. The van der Waals surface area contributed by atoms with Gasteiger partial charge in [0.2, 0.25) is 11.9 Å². The van der Waals surface area contributed by atoms with Gasteiger partial charge in [-0.05, 0) is 26.8 Å². The average Bonchev–Trinajstić information content (AvgIpc) is 2.46. The summed E-state index contributed by atoms with van der Waals surface area (Å²) in [5, 5.41) is 2.70. The molecule has 0 aliphatic heterocycles. The fraction of sp³-hybridized carbons (Fsp3) is 0.333. The van der Waals surface area contributed by atoms with Gasteiger partial charge in [0.25, 0.3) is 0 Å². The largest absolute Gasteiger partial charge is 1.00 e. The van der Waals surface area contributed by atoms with E-state index in [2.05, 4.69) is 5.32 Å². The molecule has 0 atom stereocenters. The zero-order valence-corrected chi connectivity index (χ0v) is 15.6. The number of carbonyl (C=O) groups excluding carboxylic acids is 1. The molecule has 1 heterocycles. The highest BCUT2D eigenvalue weighted by Crippen LogP contribution is 2.07. The maximum absolute atomic E-state index is 13.5. The molecule has 0 saturated heterocycles. The molecule has 0 fully saturated rings. The normalized spacial score (nSPS) is 10.7. The number of pyridine rings is 1. The third-order valence-corrected chi connectivity index (χ3v) is 3.09. The van der Waals surface area contributed by atoms with Gasteiger partial charge in [-0.15, -0.1) is 0 Å². The van der Waals surface area contributed by atoms with Crippen LogP contribution in [-0.4, -0.2) is 11.7 Å². The highest BCUT2D eigenvalue weighted by Gasteiger charge is 2.18. The molecular weight excluding hydrogens is 375 g/mol. The Kier molecular flexibility index (Phi) is 7.35. The van der Waals surface area contributed by atoms with Gasteiger partial charge in [-0.2, -0.15) is 4.57 Å². The average molecular weight is 397 g/mol. The van der Waals surface area contributed by atoms with E-state index in [4.69, 9.17) is 4.74 Å². The van der Waals surface area contributed by atoms with Crippen LogP contribution in [0.3, 0.4) is 0 Å². The Morgan fingerprint density at radius 3 is 2.46 bits per heavy atom. The first kappa shape index (κ1) is 20.1. The minimum Gasteiger partial charge on any atom is -1.00 e. The molecule has 0 aliphatic carbocycles. The molecule has 1 aromatic carbocycles. The van der Waals surface area contributed by atoms with Crippen LogP contribution in [0.15, 0.2) is 48.7 Å². The van der Waals surface area contributed by atoms with Crippen molar-refractivity contribution in [1.82, 2.24) is 5.32 Å². The Bertz CT molecular complexity index is 672. The summed E-state index contributed by atoms with van der Waals surface area (Å²) in [7, 11) is 0. The van der Waals surface area contributed by atoms with E-state index in [0.29, 0.717) is 6.54 Å². The number of hydrogen-bond acceptors (Lipinski definition) is 2. The van der Waals surface area contributed by atoms with Gasteiger partial charge in [-0.3, -0.25) is 0 Å². The van der Waals surface area contributed by atoms with E-state index < -0.39 is 11.7 Å². The standard InChI is InChI=1S/C18H21FN2O2.BrH/c1-18(2,3)23-17(22)20-11-16-10-9-15(19)13-21(16)12-14-7-5-4-6-8-14;/h4-10,13H,11-12H2,1-3H3;1H. The summed E-state index contributed by atoms with van der Waals surface area (Å²) in [4.78, 5) is 11.8. The molecule has 2 rings (SSSR count). The van der Waals surface area contributed by atoms with Crippen LogP contribution in [0.1, 0.15) is 32.0 Å². The molecule has 2 aromatic rings. The van der Waals surface area contributed by atoms with E-state index in [0.717, 1.165) is 11.3 Å². The van der Waals surface area contributed by atoms with Crippen molar-refractivity contribution in [3.63, 3.8) is 0 Å². The summed E-state index contributed by atoms with van der Waals surface area (Å²) in [5.41, 5.74) is 1.30. The van der Waals surface area contributed by atoms with E-state index >= 15 is 0 Å². The number of amides is 1. The van der Waals surface area contributed by atoms with Crippen molar-refractivity contribution in [3.8, 4) is 0 Å². The van der Waals surface area contributed by atoms with Gasteiger partial charge >= 0.3 is 6.09 Å². The third-order valence-electron chi connectivity index (χ3n) is 3.09. The molecule has 1 amide bonds. The van der Waals surface area contributed by atoms with Gasteiger partial charge in [0.05, 0.1) is 0 Å². The molecule has 6 heteroatoms. The number of halogens is 2. The predicted octanol–water partition coefficient (Wildman–Crippen LogP) is 0.190. The summed E-state index contributed by atoms with van der Waals surface area (Å²) >= 11 is 0. The maximum Gasteiger partial charge on any atom is 0.408 e. The molecule has 0 aliphatic rings. The number of nitrogens with zero attached hydrogens (tertiary/aromatic N) is 1. The zero-order chi connectivity index (χ0) is 16.9. The number of hydrogen-bond donors (Lipinski definition) is 1. The number of carbonyl (C=O) groups is 1. The highest BCUT2D eigenvalue weighted by atomic mass is 79.9. The number of nitrogens with one attached hydrogen (secondary N) is 1. The predicted molar refractivity (Wildman–Crippen MR) is 85.2 cm³/mol. The van der Waals surface area contributed by atoms with Crippen LogP contribution in [-0.2, 0) is 17.8 Å². The molecule has 130 valence electrons. The lowest BCUT2D eigenvalue weighted by atomic mass is 10.2. The number of aromatic nitrogens is 1. The van der Waals surface area contributed by atoms with E-state index in [-0.39, 0.29) is 29.3 Å². The minimum absolute atomic E-state index is 0. The van der Waals surface area contributed by atoms with E-state index in [1.54, 1.807) is 31.4 Å². The summed E-state index contributed by atoms with van der Waals surface area (Å²) in [5.74, 6) is -0.318. The number of ether oxygens (including phenoxy) is 1. The third kappa shape index (κ3) is 6.66. The van der Waals surface area contributed by atoms with Crippen LogP contribution in [0.2, 0.25) is 0 Å². The first-order valence-electron chi connectivity index (χ1n) is 7.52. The van der Waals surface area contributed by atoms with Crippen molar-refractivity contribution >= 4 is 6.09 Å². The maximum atomic E-state index is 13.5. The van der Waals surface area contributed by atoms with Crippen LogP contribution in [0.5, 0.6) is 0 Å². The summed E-state index contributed by atoms with van der Waals surface area (Å²) in [6.45, 7) is 6.21. The fourth-order valence-electron chi connectivity index (χ4n) is 2.11. The minimum atomic E-state index is -0.549. The molecule has 4 nitrogen and oxygen atoms in total. The van der Waals surface area contributed by atoms with Crippen molar-refractivity contribution < 1.29 is 35.5 Å². The van der Waals surface area contributed by atoms with Gasteiger partial charge < -0.3 is 27.0 Å². The van der Waals surface area contributed by atoms with Crippen LogP contribution < -0.4 is 26.9 Å². The number of benzene rings is 1. The fourth-order valence-corrected chi connectivity index (χ4v) is 2.11. The van der Waals surface area contributed by atoms with Crippen molar-refractivity contribution in [2.24, 2.45) is 0 Å². The topological polar surface area (TPSA) is 42.2 Å². The van der Waals surface area contributed by atoms with E-state index in [1.165, 1.54) is 12.3 Å². The van der Waals surface area contributed by atoms with E-state index in [9.17, 15) is 9.18 Å². The summed E-state index contributed by atoms with van der Waals surface area (Å²) in [6, 6.07) is 12.8. The molecular formula is C18H22BrFN2O2. The lowest BCUT2D eigenvalue weighted by Gasteiger charge is -2.19. The van der Waals surface area contributed by atoms with Crippen LogP contribution in [0.4, 0.5) is 9.18 Å². The van der Waals surface area contributed by atoms with Crippen molar-refractivity contribution in [2.75, 3.05) is 0 Å². The molecule has 1 aromatic heterocycles. The van der Waals surface area contributed by atoms with Gasteiger partial charge in [0, 0.05) is 11.6 Å². The zero-order valence-electron chi connectivity index (χ0n) is 14.1. The molecule has 0 spiro atoms. The summed E-state index contributed by atoms with van der Waals surface area (Å²) < 4.78 is 20.5. The second kappa shape index (κ2) is 8.78. The molecule has 1 N–H and O–H groups in total. The Hall–Kier alpha value is -1.95. The summed E-state index contributed by atoms with van der Waals surface area (Å²) in [6.07, 6.45) is 0.937. The van der Waals surface area contributed by atoms with Gasteiger partial charge in [0.15, 0.2) is 12.4 Å². The van der Waals surface area contributed by atoms with Gasteiger partial charge in [-0.25, -0.2) is 9.18 Å². The Labute approximate surface area is 152 Å². The SMILES string of the molecule is CC(C)(C)OC(=O)NCc1ccc(F)c[n+]1Cc1ccccc1.[Br-]. The van der Waals surface area contributed by atoms with Crippen molar-refractivity contribution in [2.45, 2.75) is 39.5 Å². The molecule has 24 heavy (non-hydrogen) atoms. The Morgan fingerprint density at radius 1 is 1.17 bits per heavy atom. The van der Waals surface area contributed by atoms with Crippen LogP contribution in [0.25, 0.3) is 0 Å². The van der Waals surface area contributed by atoms with Gasteiger partial charge in [0.1, 0.15) is 12.1 Å². The van der Waals surface area contributed by atoms with Crippen LogP contribution >= 0.6 is 0 Å².